The van der Waals surface area contributed by atoms with Crippen LogP contribution in [0.25, 0.3) is 0 Å². The molecule has 0 radical (unpaired) electrons. The van der Waals surface area contributed by atoms with Crippen LogP contribution in [0.1, 0.15) is 48.1 Å². The van der Waals surface area contributed by atoms with E-state index in [1.165, 1.54) is 11.8 Å². The molecule has 2 heterocycles. The molecule has 0 spiro atoms. The lowest BCUT2D eigenvalue weighted by molar-refractivity contribution is -0.113. The van der Waals surface area contributed by atoms with Crippen LogP contribution in [0, 0.1) is 0 Å². The van der Waals surface area contributed by atoms with Crippen molar-refractivity contribution >= 4 is 23.5 Å². The van der Waals surface area contributed by atoms with Gasteiger partial charge in [-0.05, 0) is 18.9 Å². The molecule has 2 aromatic rings. The number of amides is 1. The fourth-order valence-electron chi connectivity index (χ4n) is 3.81. The number of nitrogens with zero attached hydrogens (tertiary/aromatic N) is 1. The van der Waals surface area contributed by atoms with Gasteiger partial charge in [0.15, 0.2) is 0 Å². The summed E-state index contributed by atoms with van der Waals surface area (Å²) in [5, 5.41) is 5.69. The lowest BCUT2D eigenvalue weighted by Crippen LogP contribution is -2.18. The molecule has 25 heavy (non-hydrogen) atoms. The predicted molar refractivity (Wildman–Crippen MR) is 98.5 cm³/mol. The zero-order chi connectivity index (χ0) is 17.4. The Balaban J connectivity index is 1.87. The molecule has 2 N–H and O–H groups in total. The molecule has 7 heteroatoms. The number of anilines is 1. The number of hydrogen-bond acceptors (Lipinski definition) is 4. The van der Waals surface area contributed by atoms with E-state index in [2.05, 4.69) is 10.4 Å². The number of thioether (sulfide) groups is 1. The number of H-pyrrole nitrogens is 1. The quantitative estimate of drug-likeness (QED) is 0.883. The Morgan fingerprint density at radius 3 is 2.72 bits per heavy atom. The first-order chi connectivity index (χ1) is 12.2. The molecule has 1 fully saturated rings. The van der Waals surface area contributed by atoms with E-state index in [1.54, 1.807) is 7.11 Å². The van der Waals surface area contributed by atoms with Gasteiger partial charge in [0, 0.05) is 5.56 Å². The van der Waals surface area contributed by atoms with Gasteiger partial charge >= 0.3 is 0 Å². The Bertz CT molecular complexity index is 851. The zero-order valence-electron chi connectivity index (χ0n) is 14.1. The first-order valence-electron chi connectivity index (χ1n) is 8.58. The van der Waals surface area contributed by atoms with Crippen molar-refractivity contribution in [3.63, 3.8) is 0 Å². The highest BCUT2D eigenvalue weighted by Gasteiger charge is 2.33. The van der Waals surface area contributed by atoms with Gasteiger partial charge in [0.25, 0.3) is 5.56 Å². The van der Waals surface area contributed by atoms with Crippen LogP contribution in [0.5, 0.6) is 5.75 Å². The van der Waals surface area contributed by atoms with Gasteiger partial charge in [-0.3, -0.25) is 19.4 Å². The van der Waals surface area contributed by atoms with Crippen LogP contribution in [0.15, 0.2) is 29.1 Å². The Morgan fingerprint density at radius 1 is 1.20 bits per heavy atom. The summed E-state index contributed by atoms with van der Waals surface area (Å²) in [4.78, 5) is 25.1. The Hall–Kier alpha value is -2.15. The first-order valence-corrected chi connectivity index (χ1v) is 9.62. The average Bonchev–Trinajstić information content (AvgIpc) is 3.21. The van der Waals surface area contributed by atoms with Gasteiger partial charge < -0.3 is 10.1 Å². The number of carbonyl (C=O) groups is 1. The molecule has 4 rings (SSSR count). The lowest BCUT2D eigenvalue weighted by Gasteiger charge is -2.18. The summed E-state index contributed by atoms with van der Waals surface area (Å²) in [5.74, 6) is 1.59. The number of ether oxygens (including phenoxy) is 1. The molecule has 132 valence electrons. The van der Waals surface area contributed by atoms with Crippen LogP contribution < -0.4 is 15.6 Å². The summed E-state index contributed by atoms with van der Waals surface area (Å²) < 4.78 is 7.38. The van der Waals surface area contributed by atoms with Gasteiger partial charge in [0.2, 0.25) is 5.91 Å². The van der Waals surface area contributed by atoms with Crippen LogP contribution in [0.3, 0.4) is 0 Å². The van der Waals surface area contributed by atoms with E-state index in [0.29, 0.717) is 17.1 Å². The third-order valence-electron chi connectivity index (χ3n) is 4.97. The highest BCUT2D eigenvalue weighted by atomic mass is 32.2. The molecule has 0 bridgehead atoms. The van der Waals surface area contributed by atoms with Gasteiger partial charge in [0.05, 0.1) is 29.7 Å². The fraction of sp³-hybridized carbons (Fsp3) is 0.444. The molecule has 1 unspecified atom stereocenters. The molecule has 1 aromatic heterocycles. The largest absolute Gasteiger partial charge is 0.496 e. The summed E-state index contributed by atoms with van der Waals surface area (Å²) in [6.07, 6.45) is 4.36. The maximum atomic E-state index is 12.8. The van der Waals surface area contributed by atoms with E-state index in [4.69, 9.17) is 4.74 Å². The lowest BCUT2D eigenvalue weighted by atomic mass is 10.0. The molecule has 6 nitrogen and oxygen atoms in total. The number of nitrogens with one attached hydrogen (secondary N) is 2. The minimum absolute atomic E-state index is 0.0746. The number of carbonyl (C=O) groups excluding carboxylic acids is 1. The van der Waals surface area contributed by atoms with Crippen molar-refractivity contribution in [2.24, 2.45) is 0 Å². The summed E-state index contributed by atoms with van der Waals surface area (Å²) >= 11 is 1.46. The Kier molecular flexibility index (Phi) is 4.33. The number of aromatic nitrogens is 2. The second kappa shape index (κ2) is 6.63. The molecule has 1 atom stereocenters. The second-order valence-corrected chi connectivity index (χ2v) is 7.59. The number of hydrogen-bond donors (Lipinski definition) is 2. The number of rotatable bonds is 3. The van der Waals surface area contributed by atoms with Gasteiger partial charge in [0.1, 0.15) is 11.6 Å². The summed E-state index contributed by atoms with van der Waals surface area (Å²) in [7, 11) is 1.62. The van der Waals surface area contributed by atoms with Crippen LogP contribution in [0.4, 0.5) is 5.82 Å². The average molecular weight is 359 g/mol. The molecule has 0 saturated heterocycles. The van der Waals surface area contributed by atoms with E-state index in [0.717, 1.165) is 37.0 Å². The maximum Gasteiger partial charge on any atom is 0.270 e. The van der Waals surface area contributed by atoms with Gasteiger partial charge in [-0.1, -0.05) is 31.0 Å². The van der Waals surface area contributed by atoms with Gasteiger partial charge in [-0.25, -0.2) is 0 Å². The second-order valence-electron chi connectivity index (χ2n) is 6.49. The summed E-state index contributed by atoms with van der Waals surface area (Å²) in [6, 6.07) is 7.93. The number of para-hydroxylation sites is 1. The Labute approximate surface area is 149 Å². The molecule has 1 aliphatic heterocycles. The zero-order valence-corrected chi connectivity index (χ0v) is 14.9. The standard InChI is InChI=1S/C18H21N3O3S/c1-24-13-9-5-4-8-12(13)16-15-17(19-14(22)10-25-16)21(20-18(15)23)11-6-2-3-7-11/h4-5,8-9,11,16H,2-3,6-7,10H2,1H3,(H,19,22)(H,20,23). The van der Waals surface area contributed by atoms with E-state index >= 15 is 0 Å². The smallest absolute Gasteiger partial charge is 0.270 e. The third kappa shape index (κ3) is 2.86. The normalized spacial score (nSPS) is 20.8. The van der Waals surface area contributed by atoms with Crippen LogP contribution >= 0.6 is 11.8 Å². The van der Waals surface area contributed by atoms with Crippen LogP contribution in [-0.2, 0) is 4.79 Å². The van der Waals surface area contributed by atoms with Crippen molar-refractivity contribution < 1.29 is 9.53 Å². The van der Waals surface area contributed by atoms with Crippen molar-refractivity contribution in [1.82, 2.24) is 9.78 Å². The minimum Gasteiger partial charge on any atom is -0.496 e. The van der Waals surface area contributed by atoms with E-state index in [9.17, 15) is 9.59 Å². The summed E-state index contributed by atoms with van der Waals surface area (Å²) in [5.41, 5.74) is 1.40. The molecule has 2 aliphatic rings. The van der Waals surface area contributed by atoms with Crippen molar-refractivity contribution in [3.8, 4) is 5.75 Å². The predicted octanol–water partition coefficient (Wildman–Crippen LogP) is 3.07. The van der Waals surface area contributed by atoms with E-state index in [1.807, 2.05) is 28.9 Å². The topological polar surface area (TPSA) is 76.1 Å². The van der Waals surface area contributed by atoms with Crippen molar-refractivity contribution in [2.75, 3.05) is 18.2 Å². The van der Waals surface area contributed by atoms with Gasteiger partial charge in [-0.15, -0.1) is 11.8 Å². The first kappa shape index (κ1) is 16.3. The third-order valence-corrected chi connectivity index (χ3v) is 6.23. The fourth-order valence-corrected chi connectivity index (χ4v) is 4.96. The molecular formula is C18H21N3O3S. The van der Waals surface area contributed by atoms with Crippen LogP contribution in [0.2, 0.25) is 0 Å². The number of benzene rings is 1. The van der Waals surface area contributed by atoms with E-state index < -0.39 is 0 Å². The van der Waals surface area contributed by atoms with E-state index in [-0.39, 0.29) is 22.8 Å². The number of methoxy groups -OCH3 is 1. The highest BCUT2D eigenvalue weighted by Crippen LogP contribution is 2.44. The molecule has 1 aromatic carbocycles. The van der Waals surface area contributed by atoms with Crippen LogP contribution in [-0.4, -0.2) is 28.6 Å². The molecule has 1 aliphatic carbocycles. The number of aromatic amines is 1. The van der Waals surface area contributed by atoms with Crippen molar-refractivity contribution in [1.29, 1.82) is 0 Å². The SMILES string of the molecule is COc1ccccc1C1SCC(=O)Nc2c1c(=O)[nH]n2C1CCCC1. The Morgan fingerprint density at radius 2 is 1.96 bits per heavy atom. The van der Waals surface area contributed by atoms with Crippen molar-refractivity contribution in [2.45, 2.75) is 37.0 Å². The highest BCUT2D eigenvalue weighted by molar-refractivity contribution is 8.00. The van der Waals surface area contributed by atoms with Gasteiger partial charge in [-0.2, -0.15) is 0 Å². The summed E-state index contributed by atoms with van der Waals surface area (Å²) in [6.45, 7) is 0. The number of fused-ring (bicyclic) bond motifs is 1. The maximum absolute atomic E-state index is 12.8. The minimum atomic E-state index is -0.239. The molecular weight excluding hydrogens is 338 g/mol. The molecule has 1 amide bonds. The molecule has 1 saturated carbocycles. The monoisotopic (exact) mass is 359 g/mol. The van der Waals surface area contributed by atoms with Crippen molar-refractivity contribution in [3.05, 3.63) is 45.7 Å².